The van der Waals surface area contributed by atoms with Crippen LogP contribution >= 0.6 is 11.6 Å². The third kappa shape index (κ3) is 2.32. The standard InChI is InChI=1S/C11H7ClO2.Hg/c12-10-6-2-3-7-8(10)4-1-5-9(7)11(13)14;/h1-6H,(H,13,14);/q;+1/p-1. The number of fused-ring (bicyclic) bond motifs is 1. The predicted molar refractivity (Wildman–Crippen MR) is 53.3 cm³/mol. The summed E-state index contributed by atoms with van der Waals surface area (Å²) in [5.74, 6) is -1.18. The molecule has 0 amide bonds. The van der Waals surface area contributed by atoms with Gasteiger partial charge in [-0.1, -0.05) is 41.9 Å². The second-order valence-corrected chi connectivity index (χ2v) is 3.34. The minimum absolute atomic E-state index is 0. The topological polar surface area (TPSA) is 40.1 Å². The number of hydrogen-bond donors (Lipinski definition) is 0. The molecule has 0 aliphatic rings. The number of benzene rings is 2. The minimum Gasteiger partial charge on any atom is -0.545 e. The molecule has 15 heavy (non-hydrogen) atoms. The van der Waals surface area contributed by atoms with Crippen molar-refractivity contribution in [2.24, 2.45) is 0 Å². The molecule has 4 heteroatoms. The van der Waals surface area contributed by atoms with Crippen LogP contribution in [0.3, 0.4) is 0 Å². The van der Waals surface area contributed by atoms with Crippen LogP contribution in [0.2, 0.25) is 5.02 Å². The van der Waals surface area contributed by atoms with Gasteiger partial charge >= 0.3 is 27.7 Å². The molecule has 0 bridgehead atoms. The van der Waals surface area contributed by atoms with Gasteiger partial charge in [-0.2, -0.15) is 0 Å². The van der Waals surface area contributed by atoms with Gasteiger partial charge in [0.05, 0.1) is 5.97 Å². The summed E-state index contributed by atoms with van der Waals surface area (Å²) >= 11 is 5.92. The number of carboxylic acid groups (broad SMARTS) is 1. The molecular formula is C11H6ClHgO2. The first kappa shape index (κ1) is 12.5. The Morgan fingerprint density at radius 1 is 1.07 bits per heavy atom. The Morgan fingerprint density at radius 2 is 1.67 bits per heavy atom. The Kier molecular flexibility index (Phi) is 4.11. The fourth-order valence-corrected chi connectivity index (χ4v) is 1.69. The van der Waals surface area contributed by atoms with Crippen molar-refractivity contribution in [3.8, 4) is 0 Å². The average molecular weight is 406 g/mol. The van der Waals surface area contributed by atoms with Crippen molar-refractivity contribution in [3.63, 3.8) is 0 Å². The zero-order chi connectivity index (χ0) is 10.1. The molecule has 0 aliphatic heterocycles. The maximum atomic E-state index is 10.8. The molecule has 0 saturated carbocycles. The van der Waals surface area contributed by atoms with E-state index in [1.165, 1.54) is 6.07 Å². The summed E-state index contributed by atoms with van der Waals surface area (Å²) < 4.78 is 0. The number of halogens is 1. The number of rotatable bonds is 1. The van der Waals surface area contributed by atoms with Gasteiger partial charge in [0.2, 0.25) is 0 Å². The Hall–Kier alpha value is -0.605. The summed E-state index contributed by atoms with van der Waals surface area (Å²) in [4.78, 5) is 10.8. The van der Waals surface area contributed by atoms with E-state index >= 15 is 0 Å². The van der Waals surface area contributed by atoms with Gasteiger partial charge in [0.25, 0.3) is 0 Å². The Bertz CT molecular complexity index is 511. The molecule has 0 atom stereocenters. The molecule has 2 aromatic rings. The summed E-state index contributed by atoms with van der Waals surface area (Å²) in [6, 6.07) is 10.1. The van der Waals surface area contributed by atoms with Crippen molar-refractivity contribution in [2.45, 2.75) is 0 Å². The Balaban J connectivity index is 0.00000112. The van der Waals surface area contributed by atoms with E-state index in [0.29, 0.717) is 10.4 Å². The van der Waals surface area contributed by atoms with Crippen LogP contribution in [-0.4, -0.2) is 5.97 Å². The van der Waals surface area contributed by atoms with Crippen molar-refractivity contribution in [1.29, 1.82) is 0 Å². The van der Waals surface area contributed by atoms with Crippen molar-refractivity contribution < 1.29 is 37.6 Å². The number of hydrogen-bond acceptors (Lipinski definition) is 2. The quantitative estimate of drug-likeness (QED) is 0.679. The second-order valence-electron chi connectivity index (χ2n) is 2.93. The number of carbonyl (C=O) groups excluding carboxylic acids is 1. The first-order valence-corrected chi connectivity index (χ1v) is 4.46. The monoisotopic (exact) mass is 407 g/mol. The molecule has 0 aromatic heterocycles. The average Bonchev–Trinajstić information content (AvgIpc) is 2.17. The SMILES string of the molecule is O=C([O-])c1cccc2c(Cl)cccc12.[Hg+]. The van der Waals surface area contributed by atoms with Crippen molar-refractivity contribution in [3.05, 3.63) is 47.0 Å². The zero-order valence-corrected chi connectivity index (χ0v) is 14.1. The number of aromatic carboxylic acids is 1. The van der Waals surface area contributed by atoms with Crippen LogP contribution in [0.5, 0.6) is 0 Å². The fourth-order valence-electron chi connectivity index (χ4n) is 1.45. The van der Waals surface area contributed by atoms with Gasteiger partial charge in [-0.05, 0) is 11.5 Å². The van der Waals surface area contributed by atoms with Gasteiger partial charge in [-0.15, -0.1) is 0 Å². The van der Waals surface area contributed by atoms with E-state index in [1.54, 1.807) is 30.3 Å². The summed E-state index contributed by atoms with van der Waals surface area (Å²) in [5.41, 5.74) is 0.171. The van der Waals surface area contributed by atoms with Crippen LogP contribution in [0.25, 0.3) is 10.8 Å². The molecule has 0 unspecified atom stereocenters. The molecule has 1 radical (unpaired) electrons. The summed E-state index contributed by atoms with van der Waals surface area (Å²) in [6.45, 7) is 0. The van der Waals surface area contributed by atoms with Crippen LogP contribution < -0.4 is 5.11 Å². The first-order valence-electron chi connectivity index (χ1n) is 4.09. The molecule has 0 N–H and O–H groups in total. The maximum Gasteiger partial charge on any atom is 1.00 e. The molecular weight excluding hydrogens is 400 g/mol. The molecule has 0 aliphatic carbocycles. The summed E-state index contributed by atoms with van der Waals surface area (Å²) in [5, 5.41) is 12.7. The van der Waals surface area contributed by atoms with E-state index in [4.69, 9.17) is 11.6 Å². The maximum absolute atomic E-state index is 10.8. The molecule has 2 aromatic carbocycles. The van der Waals surface area contributed by atoms with Crippen molar-refractivity contribution in [2.75, 3.05) is 0 Å². The van der Waals surface area contributed by atoms with Gasteiger partial charge in [0.15, 0.2) is 0 Å². The molecule has 0 spiro atoms. The Morgan fingerprint density at radius 3 is 2.33 bits per heavy atom. The van der Waals surface area contributed by atoms with E-state index in [2.05, 4.69) is 0 Å². The van der Waals surface area contributed by atoms with Gasteiger partial charge in [-0.3, -0.25) is 0 Å². The first-order chi connectivity index (χ1) is 6.70. The van der Waals surface area contributed by atoms with E-state index in [0.717, 1.165) is 5.39 Å². The van der Waals surface area contributed by atoms with Gasteiger partial charge < -0.3 is 9.90 Å². The van der Waals surface area contributed by atoms with E-state index in [-0.39, 0.29) is 33.2 Å². The van der Waals surface area contributed by atoms with E-state index in [1.807, 2.05) is 0 Å². The minimum atomic E-state index is -1.18. The van der Waals surface area contributed by atoms with Crippen molar-refractivity contribution in [1.82, 2.24) is 0 Å². The third-order valence-electron chi connectivity index (χ3n) is 2.09. The van der Waals surface area contributed by atoms with Gasteiger partial charge in [0, 0.05) is 16.0 Å². The van der Waals surface area contributed by atoms with Gasteiger partial charge in [-0.25, -0.2) is 0 Å². The van der Waals surface area contributed by atoms with E-state index < -0.39 is 5.97 Å². The van der Waals surface area contributed by atoms with E-state index in [9.17, 15) is 9.90 Å². The van der Waals surface area contributed by atoms with Gasteiger partial charge in [0.1, 0.15) is 0 Å². The number of carboxylic acids is 1. The van der Waals surface area contributed by atoms with Crippen LogP contribution in [0.1, 0.15) is 10.4 Å². The Labute approximate surface area is 112 Å². The third-order valence-corrected chi connectivity index (χ3v) is 2.42. The van der Waals surface area contributed by atoms with Crippen LogP contribution in [0.4, 0.5) is 0 Å². The largest absolute Gasteiger partial charge is 1.00 e. The molecule has 0 heterocycles. The van der Waals surface area contributed by atoms with Crippen LogP contribution in [0.15, 0.2) is 36.4 Å². The second kappa shape index (κ2) is 4.95. The zero-order valence-electron chi connectivity index (χ0n) is 7.87. The molecule has 0 saturated heterocycles. The normalized spacial score (nSPS) is 9.67. The predicted octanol–water partition coefficient (Wildman–Crippen LogP) is 1.85. The smallest absolute Gasteiger partial charge is 0.545 e. The van der Waals surface area contributed by atoms with Crippen LogP contribution in [-0.2, 0) is 27.7 Å². The van der Waals surface area contributed by atoms with Crippen molar-refractivity contribution >= 4 is 28.3 Å². The number of carbonyl (C=O) groups is 1. The molecule has 0 fully saturated rings. The summed E-state index contributed by atoms with van der Waals surface area (Å²) in [6.07, 6.45) is 0. The molecule has 2 rings (SSSR count). The molecule has 71 valence electrons. The van der Waals surface area contributed by atoms with Crippen LogP contribution in [0, 0.1) is 0 Å². The fraction of sp³-hybridized carbons (Fsp3) is 0. The summed E-state index contributed by atoms with van der Waals surface area (Å²) in [7, 11) is 0. The molecule has 2 nitrogen and oxygen atoms in total.